The summed E-state index contributed by atoms with van der Waals surface area (Å²) in [6.45, 7) is 4.69. The van der Waals surface area contributed by atoms with Gasteiger partial charge in [0.1, 0.15) is 11.8 Å². The molecule has 2 atom stereocenters. The van der Waals surface area contributed by atoms with E-state index in [0.29, 0.717) is 0 Å². The van der Waals surface area contributed by atoms with Crippen molar-refractivity contribution in [2.75, 3.05) is 0 Å². The number of amides is 1. The third-order valence-electron chi connectivity index (χ3n) is 2.80. The molecule has 1 aromatic carbocycles. The van der Waals surface area contributed by atoms with Crippen molar-refractivity contribution in [3.8, 4) is 5.75 Å². The molecule has 0 saturated heterocycles. The Hall–Kier alpha value is -2.18. The van der Waals surface area contributed by atoms with Crippen molar-refractivity contribution in [3.05, 3.63) is 29.8 Å². The van der Waals surface area contributed by atoms with Crippen LogP contribution in [0.25, 0.3) is 0 Å². The standard InChI is InChI=1S/C14H17F2NO4/c1-7(2)12(14(19)20)17-13(18)8(3)21-9-4-5-10(15)11(16)6-9/h4-8,12H,1-3H3,(H,17,18)(H,19,20). The van der Waals surface area contributed by atoms with Crippen LogP contribution >= 0.6 is 0 Å². The predicted molar refractivity (Wildman–Crippen MR) is 70.9 cm³/mol. The van der Waals surface area contributed by atoms with Gasteiger partial charge in [0.2, 0.25) is 0 Å². The second kappa shape index (κ2) is 7.01. The lowest BCUT2D eigenvalue weighted by Gasteiger charge is -2.21. The number of rotatable bonds is 6. The summed E-state index contributed by atoms with van der Waals surface area (Å²) in [5.74, 6) is -4.25. The van der Waals surface area contributed by atoms with Gasteiger partial charge >= 0.3 is 5.97 Å². The summed E-state index contributed by atoms with van der Waals surface area (Å²) in [5, 5.41) is 11.3. The highest BCUT2D eigenvalue weighted by Gasteiger charge is 2.26. The van der Waals surface area contributed by atoms with E-state index in [-0.39, 0.29) is 11.7 Å². The maximum atomic E-state index is 13.0. The molecule has 1 amide bonds. The largest absolute Gasteiger partial charge is 0.481 e. The molecule has 0 aromatic heterocycles. The number of carbonyl (C=O) groups excluding carboxylic acids is 1. The van der Waals surface area contributed by atoms with Gasteiger partial charge in [0.15, 0.2) is 17.7 Å². The zero-order valence-corrected chi connectivity index (χ0v) is 11.9. The van der Waals surface area contributed by atoms with Crippen LogP contribution in [0.15, 0.2) is 18.2 Å². The maximum absolute atomic E-state index is 13.0. The number of benzene rings is 1. The van der Waals surface area contributed by atoms with Crippen molar-refractivity contribution in [3.63, 3.8) is 0 Å². The monoisotopic (exact) mass is 301 g/mol. The lowest BCUT2D eigenvalue weighted by molar-refractivity contribution is -0.144. The van der Waals surface area contributed by atoms with Gasteiger partial charge in [0, 0.05) is 6.07 Å². The summed E-state index contributed by atoms with van der Waals surface area (Å²) in [7, 11) is 0. The van der Waals surface area contributed by atoms with Crippen LogP contribution in [0.1, 0.15) is 20.8 Å². The summed E-state index contributed by atoms with van der Waals surface area (Å²) in [6, 6.07) is 1.83. The van der Waals surface area contributed by atoms with E-state index in [2.05, 4.69) is 5.32 Å². The predicted octanol–water partition coefficient (Wildman–Crippen LogP) is 1.96. The van der Waals surface area contributed by atoms with Crippen molar-refractivity contribution in [2.45, 2.75) is 32.9 Å². The summed E-state index contributed by atoms with van der Waals surface area (Å²) < 4.78 is 30.9. The first-order valence-corrected chi connectivity index (χ1v) is 6.37. The average Bonchev–Trinajstić information content (AvgIpc) is 2.39. The number of ether oxygens (including phenoxy) is 1. The summed E-state index contributed by atoms with van der Waals surface area (Å²) in [5.41, 5.74) is 0. The molecule has 2 N–H and O–H groups in total. The van der Waals surface area contributed by atoms with Gasteiger partial charge in [-0.3, -0.25) is 4.79 Å². The lowest BCUT2D eigenvalue weighted by atomic mass is 10.0. The van der Waals surface area contributed by atoms with E-state index in [1.807, 2.05) is 0 Å². The Labute approximate surface area is 120 Å². The summed E-state index contributed by atoms with van der Waals surface area (Å²) in [6.07, 6.45) is -1.05. The first-order valence-electron chi connectivity index (χ1n) is 6.37. The van der Waals surface area contributed by atoms with Gasteiger partial charge in [-0.15, -0.1) is 0 Å². The number of hydrogen-bond acceptors (Lipinski definition) is 3. The molecule has 2 unspecified atom stereocenters. The van der Waals surface area contributed by atoms with Crippen LogP contribution < -0.4 is 10.1 Å². The molecule has 0 aliphatic rings. The van der Waals surface area contributed by atoms with Crippen LogP contribution in [0.4, 0.5) is 8.78 Å². The highest BCUT2D eigenvalue weighted by Crippen LogP contribution is 2.17. The number of carboxylic acids is 1. The Balaban J connectivity index is 2.69. The number of halogens is 2. The van der Waals surface area contributed by atoms with Crippen LogP contribution in [0.3, 0.4) is 0 Å². The second-order valence-electron chi connectivity index (χ2n) is 4.90. The van der Waals surface area contributed by atoms with Gasteiger partial charge < -0.3 is 15.2 Å². The topological polar surface area (TPSA) is 75.6 Å². The van der Waals surface area contributed by atoms with Gasteiger partial charge in [0.05, 0.1) is 0 Å². The molecule has 7 heteroatoms. The average molecular weight is 301 g/mol. The van der Waals surface area contributed by atoms with Crippen LogP contribution in [0.5, 0.6) is 5.75 Å². The number of carboxylic acid groups (broad SMARTS) is 1. The fourth-order valence-electron chi connectivity index (χ4n) is 1.59. The van der Waals surface area contributed by atoms with Gasteiger partial charge in [-0.1, -0.05) is 13.8 Å². The van der Waals surface area contributed by atoms with Crippen molar-refractivity contribution >= 4 is 11.9 Å². The number of carbonyl (C=O) groups is 2. The molecule has 0 radical (unpaired) electrons. The third-order valence-corrected chi connectivity index (χ3v) is 2.80. The second-order valence-corrected chi connectivity index (χ2v) is 4.90. The molecule has 0 spiro atoms. The fraction of sp³-hybridized carbons (Fsp3) is 0.429. The van der Waals surface area contributed by atoms with Gasteiger partial charge in [0.25, 0.3) is 5.91 Å². The van der Waals surface area contributed by atoms with Gasteiger partial charge in [-0.05, 0) is 25.0 Å². The fourth-order valence-corrected chi connectivity index (χ4v) is 1.59. The summed E-state index contributed by atoms with van der Waals surface area (Å²) in [4.78, 5) is 22.8. The Kier molecular flexibility index (Phi) is 5.63. The lowest BCUT2D eigenvalue weighted by Crippen LogP contribution is -2.48. The van der Waals surface area contributed by atoms with Crippen LogP contribution in [-0.2, 0) is 9.59 Å². The van der Waals surface area contributed by atoms with Crippen molar-refractivity contribution in [1.82, 2.24) is 5.32 Å². The van der Waals surface area contributed by atoms with Crippen molar-refractivity contribution in [2.24, 2.45) is 5.92 Å². The van der Waals surface area contributed by atoms with E-state index in [0.717, 1.165) is 12.1 Å². The number of nitrogens with one attached hydrogen (secondary N) is 1. The molecule has 116 valence electrons. The molecular weight excluding hydrogens is 284 g/mol. The highest BCUT2D eigenvalue weighted by atomic mass is 19.2. The Morgan fingerprint density at radius 1 is 1.19 bits per heavy atom. The molecular formula is C14H17F2NO4. The van der Waals surface area contributed by atoms with E-state index in [1.165, 1.54) is 13.0 Å². The maximum Gasteiger partial charge on any atom is 0.326 e. The summed E-state index contributed by atoms with van der Waals surface area (Å²) >= 11 is 0. The minimum atomic E-state index is -1.15. The van der Waals surface area contributed by atoms with E-state index >= 15 is 0 Å². The zero-order valence-electron chi connectivity index (χ0n) is 11.9. The molecule has 21 heavy (non-hydrogen) atoms. The molecule has 0 fully saturated rings. The van der Waals surface area contributed by atoms with Crippen LogP contribution in [0, 0.1) is 17.6 Å². The quantitative estimate of drug-likeness (QED) is 0.842. The molecule has 0 heterocycles. The van der Waals surface area contributed by atoms with Gasteiger partial charge in [-0.25, -0.2) is 13.6 Å². The highest BCUT2D eigenvalue weighted by molar-refractivity contribution is 5.86. The van der Waals surface area contributed by atoms with E-state index in [4.69, 9.17) is 9.84 Å². The Morgan fingerprint density at radius 3 is 2.29 bits per heavy atom. The van der Waals surface area contributed by atoms with E-state index < -0.39 is 35.7 Å². The van der Waals surface area contributed by atoms with Crippen LogP contribution in [-0.4, -0.2) is 29.1 Å². The Morgan fingerprint density at radius 2 is 1.81 bits per heavy atom. The molecule has 0 saturated carbocycles. The molecule has 1 rings (SSSR count). The van der Waals surface area contributed by atoms with Crippen LogP contribution in [0.2, 0.25) is 0 Å². The smallest absolute Gasteiger partial charge is 0.326 e. The molecule has 0 aliphatic carbocycles. The van der Waals surface area contributed by atoms with Crippen molar-refractivity contribution < 1.29 is 28.2 Å². The zero-order chi connectivity index (χ0) is 16.2. The third kappa shape index (κ3) is 4.70. The Bertz CT molecular complexity index is 534. The molecule has 0 bridgehead atoms. The first kappa shape index (κ1) is 16.9. The number of aliphatic carboxylic acids is 1. The van der Waals surface area contributed by atoms with Gasteiger partial charge in [-0.2, -0.15) is 0 Å². The molecule has 5 nitrogen and oxygen atoms in total. The van der Waals surface area contributed by atoms with Crippen molar-refractivity contribution in [1.29, 1.82) is 0 Å². The normalized spacial score (nSPS) is 13.6. The minimum Gasteiger partial charge on any atom is -0.481 e. The molecule has 1 aromatic rings. The van der Waals surface area contributed by atoms with E-state index in [1.54, 1.807) is 13.8 Å². The molecule has 0 aliphatic heterocycles. The number of hydrogen-bond donors (Lipinski definition) is 2. The minimum absolute atomic E-state index is 0.0204. The first-order chi connectivity index (χ1) is 9.72. The van der Waals surface area contributed by atoms with E-state index in [9.17, 15) is 18.4 Å². The SMILES string of the molecule is CC(Oc1ccc(F)c(F)c1)C(=O)NC(C(=O)O)C(C)C.